The molecule has 1 rings (SSSR count). The van der Waals surface area contributed by atoms with Gasteiger partial charge in [-0.25, -0.2) is 10.3 Å². The van der Waals surface area contributed by atoms with Crippen LogP contribution in [0.1, 0.15) is 52.5 Å². The van der Waals surface area contributed by atoms with Crippen molar-refractivity contribution in [1.29, 1.82) is 0 Å². The summed E-state index contributed by atoms with van der Waals surface area (Å²) in [6.07, 6.45) is 2.31. The average molecular weight is 433 g/mol. The highest BCUT2D eigenvalue weighted by Crippen LogP contribution is 2.35. The van der Waals surface area contributed by atoms with E-state index in [1.54, 1.807) is 25.4 Å². The van der Waals surface area contributed by atoms with Crippen molar-refractivity contribution in [3.63, 3.8) is 0 Å². The zero-order valence-electron chi connectivity index (χ0n) is 19.3. The Kier molecular flexibility index (Phi) is 10.4. The Balaban J connectivity index is 3.40. The van der Waals surface area contributed by atoms with Crippen LogP contribution in [0, 0.1) is 11.3 Å². The molecule has 1 aromatic rings. The summed E-state index contributed by atoms with van der Waals surface area (Å²) in [5, 5.41) is 9.43. The minimum atomic E-state index is -1.53. The molecular formula is C24H36N2O5. The lowest BCUT2D eigenvalue weighted by Crippen LogP contribution is -2.56. The molecule has 0 fully saturated rings. The minimum Gasteiger partial charge on any atom is -0.461 e. The van der Waals surface area contributed by atoms with Crippen molar-refractivity contribution in [3.05, 3.63) is 48.6 Å². The van der Waals surface area contributed by atoms with Crippen molar-refractivity contribution in [3.8, 4) is 0 Å². The Bertz CT molecular complexity index is 748. The first-order valence-electron chi connectivity index (χ1n) is 10.7. The fourth-order valence-corrected chi connectivity index (χ4v) is 3.76. The highest BCUT2D eigenvalue weighted by Gasteiger charge is 2.49. The molecule has 7 heteroatoms. The molecule has 0 aliphatic heterocycles. The minimum absolute atomic E-state index is 0.00495. The van der Waals surface area contributed by atoms with Gasteiger partial charge in [-0.05, 0) is 44.6 Å². The summed E-state index contributed by atoms with van der Waals surface area (Å²) in [6.45, 7) is 11.0. The molecule has 0 bridgehead atoms. The SMILES string of the molecule is C=CCCC(CC(C)C)(C(=O)NO)C(=O)N(C)[C@@H](Cc1ccccc1)C(=O)OC(C)C. The number of hydrogen-bond acceptors (Lipinski definition) is 5. The highest BCUT2D eigenvalue weighted by atomic mass is 16.5. The molecule has 0 aromatic heterocycles. The summed E-state index contributed by atoms with van der Waals surface area (Å²) in [4.78, 5) is 40.7. The predicted molar refractivity (Wildman–Crippen MR) is 119 cm³/mol. The van der Waals surface area contributed by atoms with Gasteiger partial charge < -0.3 is 9.64 Å². The molecule has 172 valence electrons. The maximum atomic E-state index is 13.7. The molecule has 0 saturated heterocycles. The van der Waals surface area contributed by atoms with Crippen molar-refractivity contribution < 1.29 is 24.3 Å². The van der Waals surface area contributed by atoms with Crippen LogP contribution in [0.3, 0.4) is 0 Å². The zero-order valence-corrected chi connectivity index (χ0v) is 19.3. The number of rotatable bonds is 12. The van der Waals surface area contributed by atoms with Crippen molar-refractivity contribution in [2.45, 2.75) is 65.5 Å². The fourth-order valence-electron chi connectivity index (χ4n) is 3.76. The molecular weight excluding hydrogens is 396 g/mol. The number of allylic oxidation sites excluding steroid dienone is 1. The quantitative estimate of drug-likeness (QED) is 0.173. The molecule has 0 aliphatic rings. The van der Waals surface area contributed by atoms with Crippen LogP contribution in [0.4, 0.5) is 0 Å². The normalized spacial score (nSPS) is 13.9. The molecule has 0 heterocycles. The maximum Gasteiger partial charge on any atom is 0.329 e. The van der Waals surface area contributed by atoms with Crippen LogP contribution in [0.2, 0.25) is 0 Å². The Labute approximate surface area is 185 Å². The molecule has 1 aromatic carbocycles. The summed E-state index contributed by atoms with van der Waals surface area (Å²) in [7, 11) is 1.51. The summed E-state index contributed by atoms with van der Waals surface area (Å²) in [5.41, 5.74) is 1.00. The Hall–Kier alpha value is -2.67. The topological polar surface area (TPSA) is 95.9 Å². The average Bonchev–Trinajstić information content (AvgIpc) is 2.73. The van der Waals surface area contributed by atoms with Crippen LogP contribution in [-0.4, -0.2) is 47.1 Å². The summed E-state index contributed by atoms with van der Waals surface area (Å²) < 4.78 is 5.42. The van der Waals surface area contributed by atoms with E-state index in [2.05, 4.69) is 6.58 Å². The van der Waals surface area contributed by atoms with Gasteiger partial charge in [-0.2, -0.15) is 0 Å². The van der Waals surface area contributed by atoms with Crippen LogP contribution in [-0.2, 0) is 25.5 Å². The van der Waals surface area contributed by atoms with E-state index in [9.17, 15) is 19.6 Å². The first-order chi connectivity index (χ1) is 14.6. The number of esters is 1. The Morgan fingerprint density at radius 1 is 1.19 bits per heavy atom. The maximum absolute atomic E-state index is 13.7. The Morgan fingerprint density at radius 3 is 2.29 bits per heavy atom. The van der Waals surface area contributed by atoms with Crippen molar-refractivity contribution in [2.75, 3.05) is 7.05 Å². The number of likely N-dealkylation sites (N-methyl/N-ethyl adjacent to an activating group) is 1. The van der Waals surface area contributed by atoms with E-state index in [1.807, 2.05) is 44.2 Å². The van der Waals surface area contributed by atoms with Crippen molar-refractivity contribution >= 4 is 17.8 Å². The summed E-state index contributed by atoms with van der Waals surface area (Å²) >= 11 is 0. The molecule has 7 nitrogen and oxygen atoms in total. The molecule has 2 atom stereocenters. The lowest BCUT2D eigenvalue weighted by Gasteiger charge is -2.37. The standard InChI is InChI=1S/C24H36N2O5/c1-7-8-14-24(16-17(2)3,22(28)25-30)23(29)26(6)20(21(27)31-18(4)5)15-19-12-10-9-11-13-19/h7,9-13,17-18,20,30H,1,8,14-16H2,2-6H3,(H,25,28)/t20-,24?/m0/s1. The molecule has 0 saturated carbocycles. The number of ether oxygens (including phenoxy) is 1. The summed E-state index contributed by atoms with van der Waals surface area (Å²) in [5.74, 6) is -1.86. The first kappa shape index (κ1) is 26.4. The number of benzene rings is 1. The van der Waals surface area contributed by atoms with Gasteiger partial charge in [0.15, 0.2) is 0 Å². The number of hydroxylamine groups is 1. The van der Waals surface area contributed by atoms with E-state index < -0.39 is 29.2 Å². The highest BCUT2D eigenvalue weighted by molar-refractivity contribution is 6.05. The molecule has 2 N–H and O–H groups in total. The number of hydrogen-bond donors (Lipinski definition) is 2. The lowest BCUT2D eigenvalue weighted by molar-refractivity contribution is -0.165. The number of nitrogens with zero attached hydrogens (tertiary/aromatic N) is 1. The summed E-state index contributed by atoms with van der Waals surface area (Å²) in [6, 6.07) is 8.40. The van der Waals surface area contributed by atoms with Gasteiger partial charge in [-0.15, -0.1) is 6.58 Å². The van der Waals surface area contributed by atoms with Gasteiger partial charge in [0, 0.05) is 13.5 Å². The first-order valence-corrected chi connectivity index (χ1v) is 10.7. The van der Waals surface area contributed by atoms with E-state index >= 15 is 0 Å². The number of nitrogens with one attached hydrogen (secondary N) is 1. The molecule has 0 radical (unpaired) electrons. The second-order valence-corrected chi connectivity index (χ2v) is 8.56. The molecule has 31 heavy (non-hydrogen) atoms. The zero-order chi connectivity index (χ0) is 23.6. The van der Waals surface area contributed by atoms with E-state index in [4.69, 9.17) is 4.74 Å². The van der Waals surface area contributed by atoms with E-state index in [1.165, 1.54) is 11.9 Å². The smallest absolute Gasteiger partial charge is 0.329 e. The van der Waals surface area contributed by atoms with E-state index in [0.717, 1.165) is 5.56 Å². The van der Waals surface area contributed by atoms with Gasteiger partial charge in [-0.1, -0.05) is 50.3 Å². The van der Waals surface area contributed by atoms with Gasteiger partial charge in [0.2, 0.25) is 5.91 Å². The predicted octanol–water partition coefficient (Wildman–Crippen LogP) is 3.51. The van der Waals surface area contributed by atoms with Crippen LogP contribution >= 0.6 is 0 Å². The van der Waals surface area contributed by atoms with Gasteiger partial charge in [-0.3, -0.25) is 14.8 Å². The lowest BCUT2D eigenvalue weighted by atomic mass is 9.74. The fraction of sp³-hybridized carbons (Fsp3) is 0.542. The van der Waals surface area contributed by atoms with E-state index in [-0.39, 0.29) is 31.3 Å². The third-order valence-corrected chi connectivity index (χ3v) is 5.16. The van der Waals surface area contributed by atoms with E-state index in [0.29, 0.717) is 6.42 Å². The molecule has 0 aliphatic carbocycles. The van der Waals surface area contributed by atoms with Crippen molar-refractivity contribution in [2.24, 2.45) is 11.3 Å². The third kappa shape index (κ3) is 7.21. The van der Waals surface area contributed by atoms with Gasteiger partial charge in [0.1, 0.15) is 11.5 Å². The second-order valence-electron chi connectivity index (χ2n) is 8.56. The van der Waals surface area contributed by atoms with Crippen LogP contribution in [0.5, 0.6) is 0 Å². The largest absolute Gasteiger partial charge is 0.461 e. The van der Waals surface area contributed by atoms with Crippen LogP contribution in [0.25, 0.3) is 0 Å². The number of amides is 2. The van der Waals surface area contributed by atoms with Crippen LogP contribution in [0.15, 0.2) is 43.0 Å². The third-order valence-electron chi connectivity index (χ3n) is 5.16. The molecule has 1 unspecified atom stereocenters. The number of carbonyl (C=O) groups excluding carboxylic acids is 3. The number of carbonyl (C=O) groups is 3. The second kappa shape index (κ2) is 12.2. The van der Waals surface area contributed by atoms with Gasteiger partial charge >= 0.3 is 5.97 Å². The Morgan fingerprint density at radius 2 is 1.81 bits per heavy atom. The van der Waals surface area contributed by atoms with Crippen LogP contribution < -0.4 is 5.48 Å². The van der Waals surface area contributed by atoms with Gasteiger partial charge in [0.05, 0.1) is 6.10 Å². The van der Waals surface area contributed by atoms with Gasteiger partial charge in [0.25, 0.3) is 5.91 Å². The molecule has 2 amide bonds. The van der Waals surface area contributed by atoms with Crippen molar-refractivity contribution in [1.82, 2.24) is 10.4 Å². The molecule has 0 spiro atoms. The monoisotopic (exact) mass is 432 g/mol.